The van der Waals surface area contributed by atoms with E-state index in [1.165, 1.54) is 30.3 Å². The van der Waals surface area contributed by atoms with Gasteiger partial charge in [0, 0.05) is 22.8 Å². The van der Waals surface area contributed by atoms with Crippen molar-refractivity contribution in [1.82, 2.24) is 4.98 Å². The van der Waals surface area contributed by atoms with Gasteiger partial charge in [-0.05, 0) is 48.9 Å². The first kappa shape index (κ1) is 15.9. The largest absolute Gasteiger partial charge is 0.366 e. The molecular formula is C17H15N3O3S. The fourth-order valence-electron chi connectivity index (χ4n) is 2.37. The Morgan fingerprint density at radius 2 is 1.83 bits per heavy atom. The van der Waals surface area contributed by atoms with Crippen molar-refractivity contribution < 1.29 is 13.2 Å². The number of hydrogen-bond acceptors (Lipinski definition) is 4. The summed E-state index contributed by atoms with van der Waals surface area (Å²) < 4.78 is 27.8. The lowest BCUT2D eigenvalue weighted by Crippen LogP contribution is -2.14. The van der Waals surface area contributed by atoms with E-state index < -0.39 is 15.9 Å². The van der Waals surface area contributed by atoms with Gasteiger partial charge in [0.25, 0.3) is 10.0 Å². The van der Waals surface area contributed by atoms with Crippen LogP contribution in [0.1, 0.15) is 15.9 Å². The second-order valence-corrected chi connectivity index (χ2v) is 7.04. The van der Waals surface area contributed by atoms with E-state index in [1.54, 1.807) is 12.3 Å². The number of benzene rings is 2. The molecule has 0 bridgehead atoms. The highest BCUT2D eigenvalue weighted by atomic mass is 32.2. The molecule has 0 fully saturated rings. The molecule has 3 N–H and O–H groups in total. The van der Waals surface area contributed by atoms with Crippen LogP contribution in [0.3, 0.4) is 0 Å². The first-order valence-electron chi connectivity index (χ1n) is 7.15. The van der Waals surface area contributed by atoms with Crippen molar-refractivity contribution in [2.45, 2.75) is 11.8 Å². The molecular weight excluding hydrogens is 326 g/mol. The van der Waals surface area contributed by atoms with Crippen molar-refractivity contribution in [3.8, 4) is 0 Å². The molecule has 0 aliphatic rings. The molecule has 0 aliphatic carbocycles. The quantitative estimate of drug-likeness (QED) is 0.761. The van der Waals surface area contributed by atoms with Gasteiger partial charge in [0.05, 0.1) is 5.52 Å². The Balaban J connectivity index is 2.00. The number of nitrogens with zero attached hydrogens (tertiary/aromatic N) is 1. The smallest absolute Gasteiger partial charge is 0.264 e. The van der Waals surface area contributed by atoms with Gasteiger partial charge in [-0.15, -0.1) is 0 Å². The molecule has 0 unspecified atom stereocenters. The molecule has 0 saturated carbocycles. The summed E-state index contributed by atoms with van der Waals surface area (Å²) in [6.45, 7) is 1.89. The molecule has 3 aromatic rings. The number of primary amides is 1. The van der Waals surface area contributed by atoms with Gasteiger partial charge >= 0.3 is 0 Å². The van der Waals surface area contributed by atoms with Crippen molar-refractivity contribution in [1.29, 1.82) is 0 Å². The summed E-state index contributed by atoms with van der Waals surface area (Å²) in [5.41, 5.74) is 7.17. The number of anilines is 1. The van der Waals surface area contributed by atoms with E-state index >= 15 is 0 Å². The average molecular weight is 341 g/mol. The fourth-order valence-corrected chi connectivity index (χ4v) is 3.61. The lowest BCUT2D eigenvalue weighted by Gasteiger charge is -2.10. The summed E-state index contributed by atoms with van der Waals surface area (Å²) in [7, 11) is -3.81. The Hall–Kier alpha value is -2.93. The zero-order valence-corrected chi connectivity index (χ0v) is 13.7. The minimum atomic E-state index is -3.81. The SMILES string of the molecule is Cc1cnc2c(S(=O)(=O)Nc3ccc(C(N)=O)cc3)cccc2c1. The zero-order valence-electron chi connectivity index (χ0n) is 12.9. The second kappa shape index (κ2) is 5.93. The van der Waals surface area contributed by atoms with Crippen molar-refractivity contribution in [2.75, 3.05) is 4.72 Å². The molecule has 0 aliphatic heterocycles. The third-order valence-electron chi connectivity index (χ3n) is 3.52. The number of pyridine rings is 1. The molecule has 6 nitrogen and oxygen atoms in total. The Morgan fingerprint density at radius 1 is 1.12 bits per heavy atom. The normalized spacial score (nSPS) is 11.4. The first-order chi connectivity index (χ1) is 11.4. The Morgan fingerprint density at radius 3 is 2.50 bits per heavy atom. The van der Waals surface area contributed by atoms with E-state index in [2.05, 4.69) is 9.71 Å². The van der Waals surface area contributed by atoms with Crippen LogP contribution in [0, 0.1) is 6.92 Å². The maximum absolute atomic E-state index is 12.7. The predicted molar refractivity (Wildman–Crippen MR) is 92.2 cm³/mol. The molecule has 1 heterocycles. The number of hydrogen-bond donors (Lipinski definition) is 2. The van der Waals surface area contributed by atoms with Crippen LogP contribution in [-0.4, -0.2) is 19.3 Å². The minimum Gasteiger partial charge on any atom is -0.366 e. The Kier molecular flexibility index (Phi) is 3.94. The highest BCUT2D eigenvalue weighted by Crippen LogP contribution is 2.24. The van der Waals surface area contributed by atoms with Crippen molar-refractivity contribution >= 4 is 32.5 Å². The average Bonchev–Trinajstić information content (AvgIpc) is 2.54. The number of nitrogens with two attached hydrogens (primary N) is 1. The Labute approximate surface area is 139 Å². The summed E-state index contributed by atoms with van der Waals surface area (Å²) in [6.07, 6.45) is 1.63. The number of carbonyl (C=O) groups is 1. The van der Waals surface area contributed by atoms with Crippen LogP contribution in [0.4, 0.5) is 5.69 Å². The standard InChI is InChI=1S/C17H15N3O3S/c1-11-9-13-3-2-4-15(16(13)19-10-11)24(22,23)20-14-7-5-12(6-8-14)17(18)21/h2-10,20H,1H3,(H2,18,21). The molecule has 24 heavy (non-hydrogen) atoms. The number of nitrogens with one attached hydrogen (secondary N) is 1. The van der Waals surface area contributed by atoms with E-state index in [0.717, 1.165) is 10.9 Å². The van der Waals surface area contributed by atoms with E-state index in [4.69, 9.17) is 5.73 Å². The number of aryl methyl sites for hydroxylation is 1. The Bertz CT molecular complexity index is 1030. The monoisotopic (exact) mass is 341 g/mol. The topological polar surface area (TPSA) is 102 Å². The van der Waals surface area contributed by atoms with Crippen LogP contribution in [0.25, 0.3) is 10.9 Å². The number of amides is 1. The van der Waals surface area contributed by atoms with Gasteiger partial charge in [-0.2, -0.15) is 0 Å². The molecule has 7 heteroatoms. The van der Waals surface area contributed by atoms with Gasteiger partial charge in [-0.25, -0.2) is 8.42 Å². The third kappa shape index (κ3) is 3.07. The molecule has 0 spiro atoms. The number of para-hydroxylation sites is 1. The van der Waals surface area contributed by atoms with Crippen LogP contribution < -0.4 is 10.5 Å². The maximum atomic E-state index is 12.7. The van der Waals surface area contributed by atoms with Crippen LogP contribution in [0.5, 0.6) is 0 Å². The molecule has 0 saturated heterocycles. The summed E-state index contributed by atoms with van der Waals surface area (Å²) in [6, 6.07) is 12.8. The van der Waals surface area contributed by atoms with Crippen LogP contribution >= 0.6 is 0 Å². The maximum Gasteiger partial charge on any atom is 0.264 e. The molecule has 122 valence electrons. The summed E-state index contributed by atoms with van der Waals surface area (Å²) >= 11 is 0. The highest BCUT2D eigenvalue weighted by Gasteiger charge is 2.18. The predicted octanol–water partition coefficient (Wildman–Crippen LogP) is 2.44. The van der Waals surface area contributed by atoms with Gasteiger partial charge in [-0.1, -0.05) is 12.1 Å². The number of carbonyl (C=O) groups excluding carboxylic acids is 1. The van der Waals surface area contributed by atoms with E-state index in [0.29, 0.717) is 16.8 Å². The molecule has 0 radical (unpaired) electrons. The number of sulfonamides is 1. The molecule has 0 atom stereocenters. The van der Waals surface area contributed by atoms with Crippen molar-refractivity contribution in [3.63, 3.8) is 0 Å². The van der Waals surface area contributed by atoms with Crippen molar-refractivity contribution in [3.05, 3.63) is 65.9 Å². The van der Waals surface area contributed by atoms with Gasteiger partial charge in [0.2, 0.25) is 5.91 Å². The molecule has 1 amide bonds. The second-order valence-electron chi connectivity index (χ2n) is 5.39. The van der Waals surface area contributed by atoms with Crippen LogP contribution in [-0.2, 0) is 10.0 Å². The van der Waals surface area contributed by atoms with Crippen LogP contribution in [0.2, 0.25) is 0 Å². The van der Waals surface area contributed by atoms with Gasteiger partial charge < -0.3 is 5.73 Å². The molecule has 1 aromatic heterocycles. The summed E-state index contributed by atoms with van der Waals surface area (Å²) in [5, 5.41) is 0.752. The van der Waals surface area contributed by atoms with Crippen molar-refractivity contribution in [2.24, 2.45) is 5.73 Å². The lowest BCUT2D eigenvalue weighted by atomic mass is 10.2. The first-order valence-corrected chi connectivity index (χ1v) is 8.63. The van der Waals surface area contributed by atoms with Gasteiger partial charge in [0.15, 0.2) is 0 Å². The lowest BCUT2D eigenvalue weighted by molar-refractivity contribution is 0.100. The summed E-state index contributed by atoms with van der Waals surface area (Å²) in [4.78, 5) is 15.4. The number of aromatic nitrogens is 1. The molecule has 2 aromatic carbocycles. The number of rotatable bonds is 4. The fraction of sp³-hybridized carbons (Fsp3) is 0.0588. The third-order valence-corrected chi connectivity index (χ3v) is 4.93. The minimum absolute atomic E-state index is 0.0963. The van der Waals surface area contributed by atoms with Gasteiger partial charge in [-0.3, -0.25) is 14.5 Å². The van der Waals surface area contributed by atoms with E-state index in [1.807, 2.05) is 19.1 Å². The summed E-state index contributed by atoms with van der Waals surface area (Å²) in [5.74, 6) is -0.571. The number of fused-ring (bicyclic) bond motifs is 1. The van der Waals surface area contributed by atoms with Gasteiger partial charge in [0.1, 0.15) is 4.90 Å². The zero-order chi connectivity index (χ0) is 17.3. The van der Waals surface area contributed by atoms with E-state index in [9.17, 15) is 13.2 Å². The van der Waals surface area contributed by atoms with E-state index in [-0.39, 0.29) is 4.90 Å². The highest BCUT2D eigenvalue weighted by molar-refractivity contribution is 7.93. The molecule has 3 rings (SSSR count). The van der Waals surface area contributed by atoms with Crippen LogP contribution in [0.15, 0.2) is 59.6 Å².